The van der Waals surface area contributed by atoms with Gasteiger partial charge >= 0.3 is 0 Å². The second kappa shape index (κ2) is 7.54. The number of nitrogens with zero attached hydrogens (tertiary/aromatic N) is 1. The van der Waals surface area contributed by atoms with E-state index in [0.717, 1.165) is 12.8 Å². The van der Waals surface area contributed by atoms with Gasteiger partial charge in [-0.1, -0.05) is 31.9 Å². The largest absolute Gasteiger partial charge is 0.269 e. The second-order valence-electron chi connectivity index (χ2n) is 3.98. The number of aliphatic imine (C=N–C) groups is 1. The Morgan fingerprint density at radius 1 is 1.21 bits per heavy atom. The number of hydrogen-bond donors (Lipinski definition) is 0. The average molecular weight is 193 g/mol. The van der Waals surface area contributed by atoms with Crippen LogP contribution in [0.5, 0.6) is 0 Å². The van der Waals surface area contributed by atoms with Gasteiger partial charge in [-0.25, -0.2) is 0 Å². The highest BCUT2D eigenvalue weighted by Crippen LogP contribution is 2.19. The zero-order chi connectivity index (χ0) is 11.0. The van der Waals surface area contributed by atoms with Crippen molar-refractivity contribution in [1.82, 2.24) is 0 Å². The minimum absolute atomic E-state index is 0.959. The van der Waals surface area contributed by atoms with E-state index in [2.05, 4.69) is 39.1 Å². The molecule has 0 saturated heterocycles. The van der Waals surface area contributed by atoms with Crippen molar-refractivity contribution in [2.75, 3.05) is 0 Å². The Labute approximate surface area is 88.6 Å². The molecule has 0 aliphatic carbocycles. The summed E-state index contributed by atoms with van der Waals surface area (Å²) in [7, 11) is 0. The molecule has 1 heteroatoms. The molecule has 0 saturated carbocycles. The summed E-state index contributed by atoms with van der Waals surface area (Å²) in [6.07, 6.45) is 5.78. The lowest BCUT2D eigenvalue weighted by atomic mass is 10.0. The van der Waals surface area contributed by atoms with Crippen LogP contribution < -0.4 is 0 Å². The third-order valence-electron chi connectivity index (χ3n) is 2.27. The Hall–Kier alpha value is -0.850. The van der Waals surface area contributed by atoms with Gasteiger partial charge in [0.25, 0.3) is 0 Å². The van der Waals surface area contributed by atoms with Gasteiger partial charge in [0.2, 0.25) is 0 Å². The van der Waals surface area contributed by atoms with Crippen LogP contribution in [0.25, 0.3) is 0 Å². The molecule has 0 radical (unpaired) electrons. The molecule has 14 heavy (non-hydrogen) atoms. The maximum atomic E-state index is 4.10. The number of allylic oxidation sites excluding steroid dienone is 3. The Balaban J connectivity index is 4.20. The van der Waals surface area contributed by atoms with Gasteiger partial charge < -0.3 is 0 Å². The predicted octanol–water partition coefficient (Wildman–Crippen LogP) is 4.51. The van der Waals surface area contributed by atoms with Gasteiger partial charge in [-0.2, -0.15) is 0 Å². The van der Waals surface area contributed by atoms with Gasteiger partial charge in [-0.15, -0.1) is 0 Å². The van der Waals surface area contributed by atoms with Gasteiger partial charge in [0, 0.05) is 5.70 Å². The summed E-state index contributed by atoms with van der Waals surface area (Å²) in [4.78, 5) is 4.10. The number of hydrogen-bond acceptors (Lipinski definition) is 1. The maximum Gasteiger partial charge on any atom is 0.0388 e. The molecule has 0 N–H and O–H groups in total. The van der Waals surface area contributed by atoms with E-state index >= 15 is 0 Å². The summed E-state index contributed by atoms with van der Waals surface area (Å²) < 4.78 is 0. The minimum Gasteiger partial charge on any atom is -0.269 e. The van der Waals surface area contributed by atoms with E-state index in [1.165, 1.54) is 36.1 Å². The van der Waals surface area contributed by atoms with Crippen LogP contribution in [-0.2, 0) is 0 Å². The molecule has 1 nitrogen and oxygen atoms in total. The van der Waals surface area contributed by atoms with E-state index in [4.69, 9.17) is 0 Å². The van der Waals surface area contributed by atoms with Gasteiger partial charge in [0.15, 0.2) is 0 Å². The van der Waals surface area contributed by atoms with Gasteiger partial charge in [0.05, 0.1) is 0 Å². The Morgan fingerprint density at radius 3 is 2.29 bits per heavy atom. The average Bonchev–Trinajstić information content (AvgIpc) is 2.11. The quantitative estimate of drug-likeness (QED) is 0.320. The predicted molar refractivity (Wildman–Crippen MR) is 65.8 cm³/mol. The molecule has 0 aliphatic rings. The van der Waals surface area contributed by atoms with Crippen molar-refractivity contribution in [3.05, 3.63) is 23.4 Å². The topological polar surface area (TPSA) is 12.4 Å². The molecule has 0 aromatic carbocycles. The third kappa shape index (κ3) is 5.74. The highest BCUT2D eigenvalue weighted by atomic mass is 14.7. The third-order valence-corrected chi connectivity index (χ3v) is 2.27. The van der Waals surface area contributed by atoms with Crippen LogP contribution in [0.1, 0.15) is 52.9 Å². The monoisotopic (exact) mass is 193 g/mol. The molecular formula is C13H23N. The fourth-order valence-corrected chi connectivity index (χ4v) is 1.52. The van der Waals surface area contributed by atoms with Crippen LogP contribution in [0.2, 0.25) is 0 Å². The molecule has 0 bridgehead atoms. The first-order chi connectivity index (χ1) is 6.61. The van der Waals surface area contributed by atoms with E-state index in [1.54, 1.807) is 0 Å². The fourth-order valence-electron chi connectivity index (χ4n) is 1.52. The summed E-state index contributed by atoms with van der Waals surface area (Å²) in [6, 6.07) is 0. The lowest BCUT2D eigenvalue weighted by molar-refractivity contribution is 0.705. The SMILES string of the molecule is C=N/C(CCCCC)=C(/C)CC(=C)C. The van der Waals surface area contributed by atoms with Crippen molar-refractivity contribution in [2.45, 2.75) is 52.9 Å². The smallest absolute Gasteiger partial charge is 0.0388 e. The van der Waals surface area contributed by atoms with Gasteiger partial charge in [0.1, 0.15) is 0 Å². The zero-order valence-corrected chi connectivity index (χ0v) is 9.90. The molecule has 0 unspecified atom stereocenters. The van der Waals surface area contributed by atoms with E-state index in [-0.39, 0.29) is 0 Å². The van der Waals surface area contributed by atoms with Crippen LogP contribution in [0.4, 0.5) is 0 Å². The summed E-state index contributed by atoms with van der Waals surface area (Å²) in [5.41, 5.74) is 3.68. The van der Waals surface area contributed by atoms with Crippen LogP contribution in [0, 0.1) is 0 Å². The molecule has 0 aromatic rings. The summed E-state index contributed by atoms with van der Waals surface area (Å²) >= 11 is 0. The van der Waals surface area contributed by atoms with Crippen molar-refractivity contribution in [1.29, 1.82) is 0 Å². The Bertz CT molecular complexity index is 223. The van der Waals surface area contributed by atoms with Crippen LogP contribution in [0.15, 0.2) is 28.4 Å². The summed E-state index contributed by atoms with van der Waals surface area (Å²) in [6.45, 7) is 13.9. The fraction of sp³-hybridized carbons (Fsp3) is 0.615. The lowest BCUT2D eigenvalue weighted by Gasteiger charge is -2.07. The molecule has 0 fully saturated rings. The summed E-state index contributed by atoms with van der Waals surface area (Å²) in [5, 5.41) is 0. The highest BCUT2D eigenvalue weighted by Gasteiger charge is 2.00. The molecule has 0 rings (SSSR count). The first-order valence-corrected chi connectivity index (χ1v) is 5.41. The minimum atomic E-state index is 0.959. The standard InChI is InChI=1S/C13H23N/c1-6-7-8-9-13(14-5)12(4)10-11(2)3/h2,5-10H2,1,3-4H3/b13-12-. The molecule has 0 aliphatic heterocycles. The van der Waals surface area contributed by atoms with Crippen molar-refractivity contribution >= 4 is 6.72 Å². The van der Waals surface area contributed by atoms with Crippen LogP contribution in [0.3, 0.4) is 0 Å². The molecule has 0 aromatic heterocycles. The molecule has 0 heterocycles. The van der Waals surface area contributed by atoms with E-state index in [0.29, 0.717) is 0 Å². The Kier molecular flexibility index (Phi) is 7.09. The first kappa shape index (κ1) is 13.2. The lowest BCUT2D eigenvalue weighted by Crippen LogP contribution is -1.88. The molecule has 0 amide bonds. The van der Waals surface area contributed by atoms with Crippen molar-refractivity contribution in [2.24, 2.45) is 4.99 Å². The molecule has 0 spiro atoms. The van der Waals surface area contributed by atoms with Crippen molar-refractivity contribution in [3.63, 3.8) is 0 Å². The van der Waals surface area contributed by atoms with Crippen molar-refractivity contribution < 1.29 is 0 Å². The molecule has 0 atom stereocenters. The van der Waals surface area contributed by atoms with Crippen LogP contribution in [-0.4, -0.2) is 6.72 Å². The molecular weight excluding hydrogens is 170 g/mol. The first-order valence-electron chi connectivity index (χ1n) is 5.41. The molecule has 80 valence electrons. The van der Waals surface area contributed by atoms with Gasteiger partial charge in [-0.05, 0) is 45.4 Å². The maximum absolute atomic E-state index is 4.10. The second-order valence-corrected chi connectivity index (χ2v) is 3.98. The van der Waals surface area contributed by atoms with E-state index in [1.807, 2.05) is 0 Å². The zero-order valence-electron chi connectivity index (χ0n) is 9.90. The Morgan fingerprint density at radius 2 is 1.86 bits per heavy atom. The highest BCUT2D eigenvalue weighted by molar-refractivity contribution is 5.31. The van der Waals surface area contributed by atoms with E-state index < -0.39 is 0 Å². The van der Waals surface area contributed by atoms with Crippen LogP contribution >= 0.6 is 0 Å². The number of rotatable bonds is 7. The van der Waals surface area contributed by atoms with E-state index in [9.17, 15) is 0 Å². The normalized spacial score (nSPS) is 12.2. The number of unbranched alkanes of at least 4 members (excludes halogenated alkanes) is 2. The summed E-state index contributed by atoms with van der Waals surface area (Å²) in [5.74, 6) is 0. The van der Waals surface area contributed by atoms with Gasteiger partial charge in [-0.3, -0.25) is 4.99 Å². The van der Waals surface area contributed by atoms with Crippen molar-refractivity contribution in [3.8, 4) is 0 Å².